The summed E-state index contributed by atoms with van der Waals surface area (Å²) in [5.74, 6) is -0.249. The molecule has 0 aliphatic carbocycles. The molecule has 0 unspecified atom stereocenters. The quantitative estimate of drug-likeness (QED) is 0.724. The Kier molecular flexibility index (Phi) is 4.70. The SMILES string of the molecule is Cc1cc(C)c2cc(C(=O)NCc3ccccc3OC(F)F)[nH]c2c1. The van der Waals surface area contributed by atoms with Crippen LogP contribution in [0.3, 0.4) is 0 Å². The summed E-state index contributed by atoms with van der Waals surface area (Å²) in [6, 6.07) is 12.2. The van der Waals surface area contributed by atoms with Crippen molar-refractivity contribution in [2.75, 3.05) is 0 Å². The molecule has 0 aliphatic rings. The first-order valence-corrected chi connectivity index (χ1v) is 7.85. The zero-order valence-corrected chi connectivity index (χ0v) is 13.9. The van der Waals surface area contributed by atoms with Crippen LogP contribution in [0, 0.1) is 13.8 Å². The van der Waals surface area contributed by atoms with Crippen molar-refractivity contribution in [3.8, 4) is 5.75 Å². The van der Waals surface area contributed by atoms with E-state index in [0.29, 0.717) is 11.3 Å². The number of para-hydroxylation sites is 1. The zero-order valence-electron chi connectivity index (χ0n) is 13.9. The molecule has 0 radical (unpaired) electrons. The number of H-pyrrole nitrogens is 1. The van der Waals surface area contributed by atoms with E-state index in [1.54, 1.807) is 24.3 Å². The maximum absolute atomic E-state index is 12.4. The van der Waals surface area contributed by atoms with Crippen molar-refractivity contribution in [3.05, 3.63) is 64.8 Å². The zero-order chi connectivity index (χ0) is 18.0. The van der Waals surface area contributed by atoms with E-state index in [4.69, 9.17) is 0 Å². The largest absolute Gasteiger partial charge is 0.434 e. The van der Waals surface area contributed by atoms with Crippen molar-refractivity contribution in [3.63, 3.8) is 0 Å². The van der Waals surface area contributed by atoms with E-state index < -0.39 is 6.61 Å². The Labute approximate surface area is 143 Å². The molecule has 2 aromatic carbocycles. The smallest absolute Gasteiger partial charge is 0.387 e. The van der Waals surface area contributed by atoms with Crippen LogP contribution in [0.5, 0.6) is 5.75 Å². The van der Waals surface area contributed by atoms with Gasteiger partial charge in [0.1, 0.15) is 11.4 Å². The average Bonchev–Trinajstić information content (AvgIpc) is 2.97. The van der Waals surface area contributed by atoms with Gasteiger partial charge in [-0.05, 0) is 43.2 Å². The Morgan fingerprint density at radius 2 is 1.96 bits per heavy atom. The number of aromatic nitrogens is 1. The Balaban J connectivity index is 1.76. The van der Waals surface area contributed by atoms with Crippen LogP contribution in [-0.2, 0) is 6.54 Å². The highest BCUT2D eigenvalue weighted by molar-refractivity contribution is 5.99. The number of halogens is 2. The molecule has 0 aliphatic heterocycles. The topological polar surface area (TPSA) is 54.1 Å². The molecule has 4 nitrogen and oxygen atoms in total. The molecule has 2 N–H and O–H groups in total. The number of aryl methyl sites for hydroxylation is 2. The van der Waals surface area contributed by atoms with Crippen LogP contribution >= 0.6 is 0 Å². The van der Waals surface area contributed by atoms with Crippen LogP contribution < -0.4 is 10.1 Å². The van der Waals surface area contributed by atoms with E-state index in [9.17, 15) is 13.6 Å². The van der Waals surface area contributed by atoms with Gasteiger partial charge in [0.25, 0.3) is 5.91 Å². The summed E-state index contributed by atoms with van der Waals surface area (Å²) >= 11 is 0. The maximum atomic E-state index is 12.4. The maximum Gasteiger partial charge on any atom is 0.387 e. The molecule has 0 saturated carbocycles. The lowest BCUT2D eigenvalue weighted by atomic mass is 10.1. The van der Waals surface area contributed by atoms with Crippen LogP contribution in [0.2, 0.25) is 0 Å². The van der Waals surface area contributed by atoms with E-state index >= 15 is 0 Å². The summed E-state index contributed by atoms with van der Waals surface area (Å²) in [4.78, 5) is 15.5. The number of carbonyl (C=O) groups excluding carboxylic acids is 1. The summed E-state index contributed by atoms with van der Waals surface area (Å²) in [6.45, 7) is 1.17. The van der Waals surface area contributed by atoms with E-state index in [0.717, 1.165) is 22.0 Å². The molecule has 6 heteroatoms. The Bertz CT molecular complexity index is 919. The summed E-state index contributed by atoms with van der Waals surface area (Å²) in [5, 5.41) is 3.71. The van der Waals surface area contributed by atoms with E-state index in [-0.39, 0.29) is 18.2 Å². The lowest BCUT2D eigenvalue weighted by Crippen LogP contribution is -2.23. The fourth-order valence-electron chi connectivity index (χ4n) is 2.85. The molecular formula is C19H18F2N2O2. The molecule has 130 valence electrons. The molecule has 0 atom stereocenters. The monoisotopic (exact) mass is 344 g/mol. The van der Waals surface area contributed by atoms with E-state index in [2.05, 4.69) is 21.1 Å². The van der Waals surface area contributed by atoms with Gasteiger partial charge >= 0.3 is 6.61 Å². The number of benzene rings is 2. The Hall–Kier alpha value is -2.89. The van der Waals surface area contributed by atoms with Crippen molar-refractivity contribution in [1.82, 2.24) is 10.3 Å². The third kappa shape index (κ3) is 3.79. The highest BCUT2D eigenvalue weighted by Gasteiger charge is 2.13. The van der Waals surface area contributed by atoms with Crippen molar-refractivity contribution in [1.29, 1.82) is 0 Å². The predicted molar refractivity (Wildman–Crippen MR) is 92.0 cm³/mol. The van der Waals surface area contributed by atoms with Crippen LogP contribution in [0.25, 0.3) is 10.9 Å². The lowest BCUT2D eigenvalue weighted by Gasteiger charge is -2.11. The molecule has 3 aromatic rings. The number of nitrogens with one attached hydrogen (secondary N) is 2. The lowest BCUT2D eigenvalue weighted by molar-refractivity contribution is -0.0504. The fourth-order valence-corrected chi connectivity index (χ4v) is 2.85. The first-order valence-electron chi connectivity index (χ1n) is 7.85. The minimum absolute atomic E-state index is 0.0564. The molecule has 0 fully saturated rings. The number of ether oxygens (including phenoxy) is 1. The second-order valence-corrected chi connectivity index (χ2v) is 5.89. The third-order valence-electron chi connectivity index (χ3n) is 3.96. The van der Waals surface area contributed by atoms with Gasteiger partial charge in [0, 0.05) is 23.0 Å². The van der Waals surface area contributed by atoms with Gasteiger partial charge in [-0.2, -0.15) is 8.78 Å². The molecule has 1 heterocycles. The van der Waals surface area contributed by atoms with Crippen LogP contribution in [0.1, 0.15) is 27.2 Å². The molecule has 1 amide bonds. The molecule has 0 spiro atoms. The van der Waals surface area contributed by atoms with Crippen LogP contribution in [0.15, 0.2) is 42.5 Å². The molecule has 25 heavy (non-hydrogen) atoms. The highest BCUT2D eigenvalue weighted by Crippen LogP contribution is 2.22. The van der Waals surface area contributed by atoms with Crippen LogP contribution in [-0.4, -0.2) is 17.5 Å². The second-order valence-electron chi connectivity index (χ2n) is 5.89. The van der Waals surface area contributed by atoms with E-state index in [1.807, 2.05) is 19.9 Å². The molecule has 0 bridgehead atoms. The van der Waals surface area contributed by atoms with Crippen molar-refractivity contribution >= 4 is 16.8 Å². The first-order chi connectivity index (χ1) is 11.9. The molecule has 0 saturated heterocycles. The number of hydrogen-bond donors (Lipinski definition) is 2. The van der Waals surface area contributed by atoms with Crippen molar-refractivity contribution in [2.45, 2.75) is 27.0 Å². The normalized spacial score (nSPS) is 11.1. The second kappa shape index (κ2) is 6.93. The van der Waals surface area contributed by atoms with Crippen molar-refractivity contribution in [2.24, 2.45) is 0 Å². The number of aromatic amines is 1. The standard InChI is InChI=1S/C19H18F2N2O2/c1-11-7-12(2)14-9-16(23-15(14)8-11)18(24)22-10-13-5-3-4-6-17(13)25-19(20)21/h3-9,19,23H,10H2,1-2H3,(H,22,24). The number of carbonyl (C=O) groups is 1. The minimum atomic E-state index is -2.91. The van der Waals surface area contributed by atoms with Gasteiger partial charge in [-0.1, -0.05) is 24.3 Å². The summed E-state index contributed by atoms with van der Waals surface area (Å²) < 4.78 is 29.3. The fraction of sp³-hybridized carbons (Fsp3) is 0.211. The van der Waals surface area contributed by atoms with Gasteiger partial charge in [0.05, 0.1) is 0 Å². The van der Waals surface area contributed by atoms with Gasteiger partial charge in [-0.15, -0.1) is 0 Å². The Morgan fingerprint density at radius 1 is 1.20 bits per heavy atom. The third-order valence-corrected chi connectivity index (χ3v) is 3.96. The van der Waals surface area contributed by atoms with Gasteiger partial charge in [-0.3, -0.25) is 4.79 Å². The van der Waals surface area contributed by atoms with Gasteiger partial charge in [-0.25, -0.2) is 0 Å². The van der Waals surface area contributed by atoms with Crippen LogP contribution in [0.4, 0.5) is 8.78 Å². The average molecular weight is 344 g/mol. The number of amides is 1. The number of fused-ring (bicyclic) bond motifs is 1. The molecule has 1 aromatic heterocycles. The van der Waals surface area contributed by atoms with Gasteiger partial charge in [0.15, 0.2) is 0 Å². The summed E-state index contributed by atoms with van der Waals surface area (Å²) in [7, 11) is 0. The summed E-state index contributed by atoms with van der Waals surface area (Å²) in [5.41, 5.74) is 4.00. The molecule has 3 rings (SSSR count). The number of alkyl halides is 2. The van der Waals surface area contributed by atoms with E-state index in [1.165, 1.54) is 6.07 Å². The van der Waals surface area contributed by atoms with Gasteiger partial charge in [0.2, 0.25) is 0 Å². The first kappa shape index (κ1) is 17.0. The van der Waals surface area contributed by atoms with Crippen molar-refractivity contribution < 1.29 is 18.3 Å². The number of hydrogen-bond acceptors (Lipinski definition) is 2. The summed E-state index contributed by atoms with van der Waals surface area (Å²) in [6.07, 6.45) is 0. The van der Waals surface area contributed by atoms with Gasteiger partial charge < -0.3 is 15.0 Å². The molecular weight excluding hydrogens is 326 g/mol. The Morgan fingerprint density at radius 3 is 2.72 bits per heavy atom. The number of rotatable bonds is 5. The predicted octanol–water partition coefficient (Wildman–Crippen LogP) is 4.32. The minimum Gasteiger partial charge on any atom is -0.434 e. The highest BCUT2D eigenvalue weighted by atomic mass is 19.3.